The van der Waals surface area contributed by atoms with E-state index in [0.29, 0.717) is 21.6 Å². The van der Waals surface area contributed by atoms with E-state index >= 15 is 0 Å². The molecule has 1 aromatic carbocycles. The summed E-state index contributed by atoms with van der Waals surface area (Å²) < 4.78 is 1.99. The Morgan fingerprint density at radius 2 is 2.23 bits per heavy atom. The molecule has 1 N–H and O–H groups in total. The van der Waals surface area contributed by atoms with E-state index < -0.39 is 0 Å². The van der Waals surface area contributed by atoms with Crippen LogP contribution < -0.4 is 5.32 Å². The number of thiophene rings is 1. The molecule has 8 heteroatoms. The molecule has 156 valence electrons. The standard InChI is InChI=1S/C23H21N5OS2/c1-13-7-8-16-17(11-24)22(31-19(16)9-13)25-21(29)12-30-23-27-26-20-10-14(2)15-5-3-4-6-18(15)28(20)23/h3-6,10,13H,7-9,12H2,1-2H3,(H,25,29)/t13-/m0/s1. The van der Waals surface area contributed by atoms with E-state index in [-0.39, 0.29) is 11.7 Å². The number of pyridine rings is 1. The highest BCUT2D eigenvalue weighted by molar-refractivity contribution is 7.99. The molecule has 0 spiro atoms. The molecule has 6 nitrogen and oxygen atoms in total. The van der Waals surface area contributed by atoms with Crippen LogP contribution in [0.1, 0.15) is 34.9 Å². The third-order valence-corrected chi connectivity index (χ3v) is 7.88. The summed E-state index contributed by atoms with van der Waals surface area (Å²) in [5, 5.41) is 23.7. The van der Waals surface area contributed by atoms with Crippen LogP contribution in [-0.4, -0.2) is 26.3 Å². The number of carbonyl (C=O) groups excluding carboxylic acids is 1. The summed E-state index contributed by atoms with van der Waals surface area (Å²) in [6, 6.07) is 12.4. The summed E-state index contributed by atoms with van der Waals surface area (Å²) in [5.74, 6) is 0.685. The minimum atomic E-state index is -0.138. The van der Waals surface area contributed by atoms with Gasteiger partial charge in [-0.25, -0.2) is 0 Å². The average Bonchev–Trinajstić information content (AvgIpc) is 3.32. The maximum Gasteiger partial charge on any atom is 0.235 e. The second-order valence-corrected chi connectivity index (χ2v) is 10.1. The van der Waals surface area contributed by atoms with Crippen LogP contribution in [0.15, 0.2) is 35.5 Å². The number of fused-ring (bicyclic) bond motifs is 4. The summed E-state index contributed by atoms with van der Waals surface area (Å²) in [5.41, 5.74) is 4.70. The molecule has 0 radical (unpaired) electrons. The Hall–Kier alpha value is -2.89. The summed E-state index contributed by atoms with van der Waals surface area (Å²) >= 11 is 2.90. The molecule has 4 aromatic rings. The highest BCUT2D eigenvalue weighted by atomic mass is 32.2. The highest BCUT2D eigenvalue weighted by Gasteiger charge is 2.24. The third-order valence-electron chi connectivity index (χ3n) is 5.78. The van der Waals surface area contributed by atoms with Crippen molar-refractivity contribution in [2.45, 2.75) is 38.3 Å². The van der Waals surface area contributed by atoms with Crippen molar-refractivity contribution < 1.29 is 4.79 Å². The van der Waals surface area contributed by atoms with E-state index in [1.807, 2.05) is 28.7 Å². The second kappa shape index (κ2) is 7.98. The molecule has 0 bridgehead atoms. The van der Waals surface area contributed by atoms with Gasteiger partial charge < -0.3 is 5.32 Å². The normalized spacial score (nSPS) is 15.7. The van der Waals surface area contributed by atoms with Crippen molar-refractivity contribution in [1.82, 2.24) is 14.6 Å². The summed E-state index contributed by atoms with van der Waals surface area (Å²) in [6.45, 7) is 4.29. The molecule has 3 heterocycles. The number of carbonyl (C=O) groups is 1. The fraction of sp³-hybridized carbons (Fsp3) is 0.304. The van der Waals surface area contributed by atoms with Gasteiger partial charge in [0, 0.05) is 10.3 Å². The van der Waals surface area contributed by atoms with Crippen LogP contribution >= 0.6 is 23.1 Å². The number of thioether (sulfide) groups is 1. The quantitative estimate of drug-likeness (QED) is 0.446. The zero-order valence-electron chi connectivity index (χ0n) is 17.3. The van der Waals surface area contributed by atoms with Gasteiger partial charge in [-0.05, 0) is 55.4 Å². The van der Waals surface area contributed by atoms with Gasteiger partial charge in [0.15, 0.2) is 10.8 Å². The van der Waals surface area contributed by atoms with Crippen molar-refractivity contribution in [2.24, 2.45) is 5.92 Å². The van der Waals surface area contributed by atoms with Gasteiger partial charge in [-0.1, -0.05) is 36.9 Å². The number of hydrogen-bond donors (Lipinski definition) is 1. The van der Waals surface area contributed by atoms with Crippen molar-refractivity contribution in [2.75, 3.05) is 11.1 Å². The summed E-state index contributed by atoms with van der Waals surface area (Å²) in [7, 11) is 0. The van der Waals surface area contributed by atoms with Crippen LogP contribution in [0.5, 0.6) is 0 Å². The number of benzene rings is 1. The zero-order valence-corrected chi connectivity index (χ0v) is 18.9. The maximum atomic E-state index is 12.7. The van der Waals surface area contributed by atoms with Gasteiger partial charge in [0.2, 0.25) is 5.91 Å². The van der Waals surface area contributed by atoms with Gasteiger partial charge in [-0.3, -0.25) is 9.20 Å². The number of rotatable bonds is 4. The third kappa shape index (κ3) is 3.58. The van der Waals surface area contributed by atoms with Crippen molar-refractivity contribution in [3.05, 3.63) is 51.9 Å². The van der Waals surface area contributed by atoms with Gasteiger partial charge >= 0.3 is 0 Å². The molecule has 1 amide bonds. The molecule has 31 heavy (non-hydrogen) atoms. The lowest BCUT2D eigenvalue weighted by Crippen LogP contribution is -2.14. The molecule has 0 saturated heterocycles. The van der Waals surface area contributed by atoms with E-state index in [4.69, 9.17) is 0 Å². The number of para-hydroxylation sites is 1. The predicted molar refractivity (Wildman–Crippen MR) is 125 cm³/mol. The Kier molecular flexibility index (Phi) is 5.16. The summed E-state index contributed by atoms with van der Waals surface area (Å²) in [4.78, 5) is 14.0. The van der Waals surface area contributed by atoms with Gasteiger partial charge in [0.1, 0.15) is 11.1 Å². The molecule has 1 aliphatic rings. The van der Waals surface area contributed by atoms with Crippen LogP contribution in [0, 0.1) is 24.2 Å². The Labute approximate surface area is 188 Å². The fourth-order valence-electron chi connectivity index (χ4n) is 4.22. The first-order valence-corrected chi connectivity index (χ1v) is 12.1. The monoisotopic (exact) mass is 447 g/mol. The number of amides is 1. The fourth-order valence-corrected chi connectivity index (χ4v) is 6.35. The van der Waals surface area contributed by atoms with Crippen LogP contribution in [0.4, 0.5) is 5.00 Å². The molecule has 0 saturated carbocycles. The van der Waals surface area contributed by atoms with Crippen LogP contribution in [0.3, 0.4) is 0 Å². The molecule has 0 fully saturated rings. The Balaban J connectivity index is 1.37. The number of nitrogens with zero attached hydrogens (tertiary/aromatic N) is 4. The van der Waals surface area contributed by atoms with Gasteiger partial charge in [0.25, 0.3) is 0 Å². The number of nitriles is 1. The van der Waals surface area contributed by atoms with Crippen molar-refractivity contribution in [3.8, 4) is 6.07 Å². The Morgan fingerprint density at radius 1 is 1.39 bits per heavy atom. The van der Waals surface area contributed by atoms with E-state index in [9.17, 15) is 10.1 Å². The van der Waals surface area contributed by atoms with E-state index in [1.165, 1.54) is 16.6 Å². The van der Waals surface area contributed by atoms with Gasteiger partial charge in [-0.2, -0.15) is 5.26 Å². The van der Waals surface area contributed by atoms with Gasteiger partial charge in [-0.15, -0.1) is 21.5 Å². The Bertz CT molecular complexity index is 1360. The zero-order chi connectivity index (χ0) is 21.5. The molecule has 0 aliphatic heterocycles. The smallest absolute Gasteiger partial charge is 0.235 e. The molecule has 0 unspecified atom stereocenters. The van der Waals surface area contributed by atoms with Crippen molar-refractivity contribution in [1.29, 1.82) is 5.26 Å². The number of aryl methyl sites for hydroxylation is 1. The summed E-state index contributed by atoms with van der Waals surface area (Å²) in [6.07, 6.45) is 2.99. The van der Waals surface area contributed by atoms with Gasteiger partial charge in [0.05, 0.1) is 16.8 Å². The first-order chi connectivity index (χ1) is 15.0. The lowest BCUT2D eigenvalue weighted by molar-refractivity contribution is -0.113. The first-order valence-electron chi connectivity index (χ1n) is 10.3. The Morgan fingerprint density at radius 3 is 3.06 bits per heavy atom. The molecular weight excluding hydrogens is 426 g/mol. The number of nitrogens with one attached hydrogen (secondary N) is 1. The van der Waals surface area contributed by atoms with Crippen LogP contribution in [0.2, 0.25) is 0 Å². The minimum Gasteiger partial charge on any atom is -0.316 e. The molecular formula is C23H21N5OS2. The topological polar surface area (TPSA) is 83.1 Å². The molecule has 1 atom stereocenters. The van der Waals surface area contributed by atoms with E-state index in [0.717, 1.165) is 46.9 Å². The lowest BCUT2D eigenvalue weighted by Gasteiger charge is -2.17. The molecule has 3 aromatic heterocycles. The van der Waals surface area contributed by atoms with Crippen LogP contribution in [-0.2, 0) is 17.6 Å². The highest BCUT2D eigenvalue weighted by Crippen LogP contribution is 2.39. The SMILES string of the molecule is Cc1cc2nnc(SCC(=O)Nc3sc4c(c3C#N)CC[C@H](C)C4)n2c2ccccc12. The number of anilines is 1. The molecule has 5 rings (SSSR count). The number of hydrogen-bond acceptors (Lipinski definition) is 6. The predicted octanol–water partition coefficient (Wildman–Crippen LogP) is 4.98. The minimum absolute atomic E-state index is 0.138. The lowest BCUT2D eigenvalue weighted by atomic mass is 9.89. The number of aromatic nitrogens is 3. The van der Waals surface area contributed by atoms with Crippen molar-refractivity contribution >= 4 is 50.6 Å². The first kappa shape index (κ1) is 20.0. The molecule has 1 aliphatic carbocycles. The maximum absolute atomic E-state index is 12.7. The van der Waals surface area contributed by atoms with E-state index in [1.54, 1.807) is 11.3 Å². The average molecular weight is 448 g/mol. The van der Waals surface area contributed by atoms with Crippen LogP contribution in [0.25, 0.3) is 16.6 Å². The largest absolute Gasteiger partial charge is 0.316 e. The van der Waals surface area contributed by atoms with E-state index in [2.05, 4.69) is 41.5 Å². The second-order valence-electron chi connectivity index (χ2n) is 8.03. The van der Waals surface area contributed by atoms with Crippen molar-refractivity contribution in [3.63, 3.8) is 0 Å².